The van der Waals surface area contributed by atoms with Gasteiger partial charge < -0.3 is 14.5 Å². The minimum absolute atomic E-state index is 0.0485. The van der Waals surface area contributed by atoms with E-state index in [9.17, 15) is 9.59 Å². The van der Waals surface area contributed by atoms with E-state index in [1.807, 2.05) is 29.3 Å². The Kier molecular flexibility index (Phi) is 6.16. The Labute approximate surface area is 210 Å². The fourth-order valence-corrected chi connectivity index (χ4v) is 7.54. The molecule has 0 radical (unpaired) electrons. The molecule has 0 N–H and O–H groups in total. The number of piperidine rings is 1. The van der Waals surface area contributed by atoms with Crippen LogP contribution in [0.4, 0.5) is 5.82 Å². The number of ether oxygens (including phenoxy) is 1. The molecule has 35 heavy (non-hydrogen) atoms. The third kappa shape index (κ3) is 4.41. The Bertz CT molecular complexity index is 1090. The molecule has 2 saturated heterocycles. The number of anilines is 1. The van der Waals surface area contributed by atoms with Crippen molar-refractivity contribution in [3.05, 3.63) is 47.8 Å². The number of hydrogen-bond donors (Lipinski definition) is 0. The van der Waals surface area contributed by atoms with Crippen molar-refractivity contribution < 1.29 is 14.3 Å². The first-order chi connectivity index (χ1) is 17.1. The number of amides is 1. The van der Waals surface area contributed by atoms with Crippen LogP contribution < -0.4 is 4.90 Å². The van der Waals surface area contributed by atoms with Crippen LogP contribution in [0, 0.1) is 17.8 Å². The minimum atomic E-state index is -0.0822. The second kappa shape index (κ2) is 9.45. The molecule has 3 atom stereocenters. The van der Waals surface area contributed by atoms with Gasteiger partial charge in [0.15, 0.2) is 0 Å². The van der Waals surface area contributed by atoms with Crippen LogP contribution >= 0.6 is 11.8 Å². The highest BCUT2D eigenvalue weighted by Crippen LogP contribution is 2.53. The lowest BCUT2D eigenvalue weighted by Crippen LogP contribution is -2.30. The number of hydrogen-bond acceptors (Lipinski definition) is 7. The molecular formula is C27H32N4O3S. The number of thioether (sulfide) groups is 1. The summed E-state index contributed by atoms with van der Waals surface area (Å²) in [7, 11) is 1.47. The summed E-state index contributed by atoms with van der Waals surface area (Å²) in [4.78, 5) is 39.1. The maximum Gasteiger partial charge on any atom is 0.309 e. The van der Waals surface area contributed by atoms with E-state index in [2.05, 4.69) is 16.0 Å². The van der Waals surface area contributed by atoms with Crippen LogP contribution in [-0.2, 0) is 9.53 Å². The molecule has 4 fully saturated rings. The van der Waals surface area contributed by atoms with E-state index < -0.39 is 0 Å². The van der Waals surface area contributed by atoms with Gasteiger partial charge in [0.1, 0.15) is 10.8 Å². The van der Waals surface area contributed by atoms with Gasteiger partial charge in [0.2, 0.25) is 0 Å². The lowest BCUT2D eigenvalue weighted by atomic mass is 10.0. The van der Waals surface area contributed by atoms with Crippen molar-refractivity contribution in [2.45, 2.75) is 48.3 Å². The predicted molar refractivity (Wildman–Crippen MR) is 135 cm³/mol. The molecule has 2 saturated carbocycles. The molecule has 1 amide bonds. The lowest BCUT2D eigenvalue weighted by molar-refractivity contribution is -0.142. The first-order valence-corrected chi connectivity index (χ1v) is 13.7. The summed E-state index contributed by atoms with van der Waals surface area (Å²) in [5.41, 5.74) is 1.93. The van der Waals surface area contributed by atoms with Gasteiger partial charge in [-0.05, 0) is 54.9 Å². The van der Waals surface area contributed by atoms with Crippen LogP contribution in [0.1, 0.15) is 53.9 Å². The Hall–Kier alpha value is -2.61. The fraction of sp³-hybridized carbons (Fsp3) is 0.556. The molecule has 3 unspecified atom stereocenters. The summed E-state index contributed by atoms with van der Waals surface area (Å²) in [5.74, 6) is 2.05. The molecule has 2 aromatic rings. The van der Waals surface area contributed by atoms with Crippen LogP contribution in [0.25, 0.3) is 0 Å². The summed E-state index contributed by atoms with van der Waals surface area (Å²) in [6.07, 6.45) is 9.56. The predicted octanol–water partition coefficient (Wildman–Crippen LogP) is 4.00. The Morgan fingerprint density at radius 3 is 2.57 bits per heavy atom. The maximum absolute atomic E-state index is 13.7. The van der Waals surface area contributed by atoms with Gasteiger partial charge in [-0.3, -0.25) is 14.6 Å². The molecule has 8 heteroatoms. The molecule has 2 aromatic heterocycles. The van der Waals surface area contributed by atoms with Crippen LogP contribution in [0.2, 0.25) is 0 Å². The smallest absolute Gasteiger partial charge is 0.309 e. The van der Waals surface area contributed by atoms with Crippen molar-refractivity contribution in [1.29, 1.82) is 0 Å². The molecule has 6 rings (SSSR count). The lowest BCUT2D eigenvalue weighted by Gasteiger charge is -2.24. The first kappa shape index (κ1) is 22.8. The number of likely N-dealkylation sites (tertiary alicyclic amines) is 1. The molecular weight excluding hydrogens is 460 g/mol. The van der Waals surface area contributed by atoms with Gasteiger partial charge in [-0.2, -0.15) is 0 Å². The molecule has 184 valence electrons. The topological polar surface area (TPSA) is 75.6 Å². The van der Waals surface area contributed by atoms with Crippen molar-refractivity contribution in [2.24, 2.45) is 17.8 Å². The van der Waals surface area contributed by atoms with Crippen molar-refractivity contribution >= 4 is 29.5 Å². The second-order valence-electron chi connectivity index (χ2n) is 10.4. The average molecular weight is 493 g/mol. The Balaban J connectivity index is 1.20. The fourth-order valence-electron chi connectivity index (χ4n) is 6.23. The van der Waals surface area contributed by atoms with Crippen LogP contribution in [0.5, 0.6) is 0 Å². The van der Waals surface area contributed by atoms with E-state index in [0.29, 0.717) is 23.0 Å². The van der Waals surface area contributed by atoms with Crippen molar-refractivity contribution in [1.82, 2.24) is 14.9 Å². The van der Waals surface area contributed by atoms with Gasteiger partial charge >= 0.3 is 5.97 Å². The minimum Gasteiger partial charge on any atom is -0.469 e. The second-order valence-corrected chi connectivity index (χ2v) is 11.6. The number of esters is 1. The largest absolute Gasteiger partial charge is 0.469 e. The normalized spacial score (nSPS) is 27.8. The highest BCUT2D eigenvalue weighted by molar-refractivity contribution is 7.99. The number of rotatable bonds is 6. The van der Waals surface area contributed by atoms with E-state index >= 15 is 0 Å². The van der Waals surface area contributed by atoms with Crippen molar-refractivity contribution in [2.75, 3.05) is 38.2 Å². The van der Waals surface area contributed by atoms with E-state index in [0.717, 1.165) is 49.0 Å². The third-order valence-electron chi connectivity index (χ3n) is 8.28. The van der Waals surface area contributed by atoms with Crippen LogP contribution in [-0.4, -0.2) is 65.3 Å². The quantitative estimate of drug-likeness (QED) is 0.564. The number of fused-ring (bicyclic) bond motifs is 1. The number of carbonyl (C=O) groups is 2. The van der Waals surface area contributed by atoms with Gasteiger partial charge in [0.25, 0.3) is 5.91 Å². The zero-order valence-corrected chi connectivity index (χ0v) is 21.0. The van der Waals surface area contributed by atoms with Crippen LogP contribution in [0.3, 0.4) is 0 Å². The summed E-state index contributed by atoms with van der Waals surface area (Å²) >= 11 is 1.79. The Morgan fingerprint density at radius 1 is 1.06 bits per heavy atom. The van der Waals surface area contributed by atoms with E-state index in [1.165, 1.54) is 38.4 Å². The van der Waals surface area contributed by atoms with Gasteiger partial charge in [-0.15, -0.1) is 11.8 Å². The molecule has 2 aliphatic heterocycles. The van der Waals surface area contributed by atoms with Gasteiger partial charge in [-0.25, -0.2) is 4.98 Å². The molecule has 0 spiro atoms. The first-order valence-electron chi connectivity index (χ1n) is 12.8. The van der Waals surface area contributed by atoms with E-state index in [-0.39, 0.29) is 17.8 Å². The molecule has 7 nitrogen and oxygen atoms in total. The standard InChI is InChI=1S/C27H32N4O3S/c1-34-27(33)24-21-15-31(16-22(21)24)23-9-8-20(25(29-23)35-19-6-2-3-7-19)26(32)30-12-10-18(14-30)17-5-4-11-28-13-17/h4-5,8-9,11,13,18-19,21-22,24H,2-3,6-7,10,12,14-16H2,1H3. The maximum atomic E-state index is 13.7. The zero-order chi connectivity index (χ0) is 23.9. The van der Waals surface area contributed by atoms with Crippen molar-refractivity contribution in [3.8, 4) is 0 Å². The summed E-state index contributed by atoms with van der Waals surface area (Å²) in [5, 5.41) is 1.40. The molecule has 0 aromatic carbocycles. The Morgan fingerprint density at radius 2 is 1.86 bits per heavy atom. The number of carbonyl (C=O) groups excluding carboxylic acids is 2. The number of nitrogens with zero attached hydrogens (tertiary/aromatic N) is 4. The molecule has 4 heterocycles. The van der Waals surface area contributed by atoms with Gasteiger partial charge in [-0.1, -0.05) is 18.9 Å². The molecule has 0 bridgehead atoms. The average Bonchev–Trinajstić information content (AvgIpc) is 3.40. The highest BCUT2D eigenvalue weighted by Gasteiger charge is 2.60. The zero-order valence-electron chi connectivity index (χ0n) is 20.1. The number of methoxy groups -OCH3 is 1. The van der Waals surface area contributed by atoms with Crippen molar-refractivity contribution in [3.63, 3.8) is 0 Å². The van der Waals surface area contributed by atoms with E-state index in [4.69, 9.17) is 9.72 Å². The van der Waals surface area contributed by atoms with E-state index in [1.54, 1.807) is 18.0 Å². The number of aromatic nitrogens is 2. The van der Waals surface area contributed by atoms with Crippen LogP contribution in [0.15, 0.2) is 41.7 Å². The highest BCUT2D eigenvalue weighted by atomic mass is 32.2. The van der Waals surface area contributed by atoms with Gasteiger partial charge in [0, 0.05) is 49.7 Å². The summed E-state index contributed by atoms with van der Waals surface area (Å²) in [6.45, 7) is 3.15. The summed E-state index contributed by atoms with van der Waals surface area (Å²) in [6, 6.07) is 8.06. The number of pyridine rings is 2. The summed E-state index contributed by atoms with van der Waals surface area (Å²) < 4.78 is 4.95. The van der Waals surface area contributed by atoms with Gasteiger partial charge in [0.05, 0.1) is 18.6 Å². The molecule has 2 aliphatic carbocycles. The SMILES string of the molecule is COC(=O)C1C2CN(c3ccc(C(=O)N4CCC(c5cccnc5)C4)c(SC4CCCC4)n3)CC21. The molecule has 4 aliphatic rings. The monoisotopic (exact) mass is 492 g/mol. The third-order valence-corrected chi connectivity index (χ3v) is 9.62.